The molecule has 0 saturated heterocycles. The van der Waals surface area contributed by atoms with E-state index in [0.717, 1.165) is 5.56 Å². The topological polar surface area (TPSA) is 148 Å². The molecule has 9 nitrogen and oxygen atoms in total. The summed E-state index contributed by atoms with van der Waals surface area (Å²) in [7, 11) is -1.34. The van der Waals surface area contributed by atoms with E-state index < -0.39 is 40.9 Å². The van der Waals surface area contributed by atoms with E-state index in [0.29, 0.717) is 4.90 Å². The van der Waals surface area contributed by atoms with E-state index in [1.165, 1.54) is 0 Å². The minimum Gasteiger partial charge on any atom is -0.445 e. The highest BCUT2D eigenvalue weighted by Gasteiger charge is 2.21. The van der Waals surface area contributed by atoms with Crippen molar-refractivity contribution in [3.05, 3.63) is 66.2 Å². The van der Waals surface area contributed by atoms with Crippen molar-refractivity contribution in [1.82, 2.24) is 10.6 Å². The molecule has 0 fully saturated rings. The van der Waals surface area contributed by atoms with Crippen molar-refractivity contribution in [2.45, 2.75) is 36.5 Å². The summed E-state index contributed by atoms with van der Waals surface area (Å²) in [6.45, 7) is -0.131. The second-order valence-corrected chi connectivity index (χ2v) is 8.55. The van der Waals surface area contributed by atoms with Crippen molar-refractivity contribution in [2.75, 3.05) is 12.3 Å². The Morgan fingerprint density at radius 1 is 1.03 bits per heavy atom. The van der Waals surface area contributed by atoms with Gasteiger partial charge in [0.05, 0.1) is 23.3 Å². The van der Waals surface area contributed by atoms with E-state index in [1.807, 2.05) is 18.2 Å². The maximum absolute atomic E-state index is 12.3. The predicted molar refractivity (Wildman–Crippen MR) is 119 cm³/mol. The number of carbonyl (C=O) groups is 3. The lowest BCUT2D eigenvalue weighted by Gasteiger charge is -2.17. The van der Waals surface area contributed by atoms with Crippen LogP contribution >= 0.6 is 0 Å². The lowest BCUT2D eigenvalue weighted by molar-refractivity contribution is -0.128. The number of nitrogens with one attached hydrogen (secondary N) is 2. The van der Waals surface area contributed by atoms with Gasteiger partial charge in [-0.05, 0) is 24.1 Å². The number of ether oxygens (including phenoxy) is 1. The Morgan fingerprint density at radius 3 is 2.28 bits per heavy atom. The van der Waals surface area contributed by atoms with Gasteiger partial charge in [-0.1, -0.05) is 48.5 Å². The molecule has 0 aliphatic heterocycles. The van der Waals surface area contributed by atoms with Crippen molar-refractivity contribution in [2.24, 2.45) is 5.73 Å². The van der Waals surface area contributed by atoms with E-state index in [1.54, 1.807) is 42.5 Å². The van der Waals surface area contributed by atoms with Crippen molar-refractivity contribution in [3.63, 3.8) is 0 Å². The number of primary amides is 1. The number of aliphatic hydroxyl groups is 1. The Hall–Kier alpha value is -3.24. The zero-order valence-corrected chi connectivity index (χ0v) is 18.3. The molecule has 2 aromatic carbocycles. The van der Waals surface area contributed by atoms with E-state index in [4.69, 9.17) is 10.5 Å². The van der Waals surface area contributed by atoms with Gasteiger partial charge in [0, 0.05) is 17.2 Å². The maximum Gasteiger partial charge on any atom is 0.407 e. The Labute approximate surface area is 188 Å². The second kappa shape index (κ2) is 13.2. The van der Waals surface area contributed by atoms with Crippen LogP contribution in [0.4, 0.5) is 4.79 Å². The number of hydrogen-bond donors (Lipinski definition) is 4. The second-order valence-electron chi connectivity index (χ2n) is 6.97. The van der Waals surface area contributed by atoms with Crippen molar-refractivity contribution in [1.29, 1.82) is 0 Å². The molecule has 2 aromatic rings. The third-order valence-corrected chi connectivity index (χ3v) is 5.80. The molecule has 0 bridgehead atoms. The van der Waals surface area contributed by atoms with E-state index in [-0.39, 0.29) is 31.7 Å². The maximum atomic E-state index is 12.3. The average Bonchev–Trinajstić information content (AvgIpc) is 2.79. The van der Waals surface area contributed by atoms with Gasteiger partial charge in [0.1, 0.15) is 12.6 Å². The van der Waals surface area contributed by atoms with Crippen LogP contribution in [0.2, 0.25) is 0 Å². The third-order valence-electron chi connectivity index (χ3n) is 4.39. The number of benzene rings is 2. The molecule has 0 saturated carbocycles. The summed E-state index contributed by atoms with van der Waals surface area (Å²) < 4.78 is 17.3. The Kier molecular flexibility index (Phi) is 10.3. The number of carbonyl (C=O) groups excluding carboxylic acids is 3. The standard InChI is InChI=1S/C22H27N3O6S/c23-21(28)19(11-12-32(30)18-9-5-2-6-10-18)25-20(27)13-17(26)14-24-22(29)31-15-16-7-3-1-4-8-16/h1-10,17,19,26H,11-15H2,(H2,23,28)(H,24,29)(H,25,27)/t17-,19-,32+/m1/s1. The lowest BCUT2D eigenvalue weighted by Crippen LogP contribution is -2.46. The van der Waals surface area contributed by atoms with Gasteiger partial charge in [-0.2, -0.15) is 0 Å². The summed E-state index contributed by atoms with van der Waals surface area (Å²) in [6.07, 6.45) is -2.19. The monoisotopic (exact) mass is 461 g/mol. The minimum absolute atomic E-state index is 0.0773. The Morgan fingerprint density at radius 2 is 1.66 bits per heavy atom. The third kappa shape index (κ3) is 9.27. The van der Waals surface area contributed by atoms with Gasteiger partial charge in [-0.25, -0.2) is 4.79 Å². The number of rotatable bonds is 12. The molecule has 0 radical (unpaired) electrons. The molecule has 0 aliphatic carbocycles. The van der Waals surface area contributed by atoms with Gasteiger partial charge in [0.2, 0.25) is 11.8 Å². The number of alkyl carbamates (subject to hydrolysis) is 1. The van der Waals surface area contributed by atoms with E-state index >= 15 is 0 Å². The molecule has 10 heteroatoms. The predicted octanol–water partition coefficient (Wildman–Crippen LogP) is 0.832. The molecule has 3 amide bonds. The molecule has 172 valence electrons. The van der Waals surface area contributed by atoms with Crippen LogP contribution in [0.15, 0.2) is 65.6 Å². The van der Waals surface area contributed by atoms with Gasteiger partial charge < -0.3 is 26.2 Å². The SMILES string of the molecule is NC(=O)[C@@H](CC[S@](=O)c1ccccc1)NC(=O)C[C@@H](O)CNC(=O)OCc1ccccc1. The molecule has 0 heterocycles. The van der Waals surface area contributed by atoms with Gasteiger partial charge in [-0.3, -0.25) is 13.8 Å². The summed E-state index contributed by atoms with van der Waals surface area (Å²) in [5.74, 6) is -1.25. The molecule has 0 unspecified atom stereocenters. The normalized spacial score (nSPS) is 13.4. The highest BCUT2D eigenvalue weighted by molar-refractivity contribution is 7.85. The molecular formula is C22H27N3O6S. The lowest BCUT2D eigenvalue weighted by atomic mass is 10.2. The first-order valence-corrected chi connectivity index (χ1v) is 11.3. The highest BCUT2D eigenvalue weighted by atomic mass is 32.2. The van der Waals surface area contributed by atoms with E-state index in [9.17, 15) is 23.7 Å². The average molecular weight is 462 g/mol. The number of nitrogens with two attached hydrogens (primary N) is 1. The first-order valence-electron chi connectivity index (χ1n) is 10.00. The molecule has 5 N–H and O–H groups in total. The zero-order valence-electron chi connectivity index (χ0n) is 17.4. The van der Waals surface area contributed by atoms with Gasteiger partial charge in [0.15, 0.2) is 0 Å². The van der Waals surface area contributed by atoms with Crippen molar-refractivity contribution >= 4 is 28.7 Å². The molecule has 3 atom stereocenters. The molecule has 2 rings (SSSR count). The fourth-order valence-corrected chi connectivity index (χ4v) is 3.86. The summed E-state index contributed by atoms with van der Waals surface area (Å²) in [6, 6.07) is 16.8. The van der Waals surface area contributed by atoms with Gasteiger partial charge in [-0.15, -0.1) is 0 Å². The van der Waals surface area contributed by atoms with Crippen LogP contribution < -0.4 is 16.4 Å². The summed E-state index contributed by atoms with van der Waals surface area (Å²) in [5, 5.41) is 14.8. The first-order chi connectivity index (χ1) is 15.3. The van der Waals surface area contributed by atoms with Gasteiger partial charge >= 0.3 is 6.09 Å². The fraction of sp³-hybridized carbons (Fsp3) is 0.318. The molecule has 0 aromatic heterocycles. The Balaban J connectivity index is 1.70. The zero-order chi connectivity index (χ0) is 23.3. The van der Waals surface area contributed by atoms with Crippen molar-refractivity contribution < 1.29 is 28.4 Å². The first kappa shape index (κ1) is 25.0. The number of aliphatic hydroxyl groups excluding tert-OH is 1. The largest absolute Gasteiger partial charge is 0.445 e. The summed E-state index contributed by atoms with van der Waals surface area (Å²) >= 11 is 0. The fourth-order valence-electron chi connectivity index (χ4n) is 2.72. The van der Waals surface area contributed by atoms with Crippen LogP contribution in [0.5, 0.6) is 0 Å². The number of hydrogen-bond acceptors (Lipinski definition) is 6. The minimum atomic E-state index is -1.34. The van der Waals surface area contributed by atoms with Crippen LogP contribution in [0.25, 0.3) is 0 Å². The summed E-state index contributed by atoms with van der Waals surface area (Å²) in [4.78, 5) is 36.1. The van der Waals surface area contributed by atoms with Crippen LogP contribution in [0.1, 0.15) is 18.4 Å². The highest BCUT2D eigenvalue weighted by Crippen LogP contribution is 2.08. The van der Waals surface area contributed by atoms with Crippen molar-refractivity contribution in [3.8, 4) is 0 Å². The summed E-state index contributed by atoms with van der Waals surface area (Å²) in [5.41, 5.74) is 6.14. The van der Waals surface area contributed by atoms with E-state index in [2.05, 4.69) is 10.6 Å². The molecular weight excluding hydrogens is 434 g/mol. The van der Waals surface area contributed by atoms with Crippen LogP contribution in [-0.4, -0.2) is 51.7 Å². The van der Waals surface area contributed by atoms with Crippen LogP contribution in [0.3, 0.4) is 0 Å². The molecule has 32 heavy (non-hydrogen) atoms. The van der Waals surface area contributed by atoms with Crippen LogP contribution in [0, 0.1) is 0 Å². The number of amides is 3. The molecule has 0 spiro atoms. The smallest absolute Gasteiger partial charge is 0.407 e. The quantitative estimate of drug-likeness (QED) is 0.368. The van der Waals surface area contributed by atoms with Gasteiger partial charge in [0.25, 0.3) is 0 Å². The Bertz CT molecular complexity index is 910. The molecule has 0 aliphatic rings. The van der Waals surface area contributed by atoms with Crippen LogP contribution in [-0.2, 0) is 31.7 Å².